The van der Waals surface area contributed by atoms with E-state index in [1.165, 1.54) is 0 Å². The second-order valence-corrected chi connectivity index (χ2v) is 4.12. The van der Waals surface area contributed by atoms with Crippen molar-refractivity contribution in [1.82, 2.24) is 5.32 Å². The zero-order valence-electron chi connectivity index (χ0n) is 9.37. The van der Waals surface area contributed by atoms with Crippen molar-refractivity contribution in [3.8, 4) is 0 Å². The summed E-state index contributed by atoms with van der Waals surface area (Å²) in [7, 11) is 0. The zero-order chi connectivity index (χ0) is 12.0. The molecule has 1 unspecified atom stereocenters. The maximum Gasteiger partial charge on any atom is 0.236 e. The number of nitrogens with one attached hydrogen (secondary N) is 1. The van der Waals surface area contributed by atoms with E-state index in [0.717, 1.165) is 12.0 Å². The van der Waals surface area contributed by atoms with E-state index in [9.17, 15) is 4.79 Å². The van der Waals surface area contributed by atoms with E-state index in [1.807, 2.05) is 31.2 Å². The van der Waals surface area contributed by atoms with Gasteiger partial charge >= 0.3 is 0 Å². The van der Waals surface area contributed by atoms with Crippen molar-refractivity contribution < 1.29 is 4.79 Å². The van der Waals surface area contributed by atoms with Crippen molar-refractivity contribution in [2.24, 2.45) is 5.73 Å². The van der Waals surface area contributed by atoms with Crippen molar-refractivity contribution in [2.75, 3.05) is 6.54 Å². The highest BCUT2D eigenvalue weighted by Crippen LogP contribution is 2.10. The molecule has 0 aliphatic rings. The average Bonchev–Trinajstić information content (AvgIpc) is 2.28. The number of benzene rings is 1. The first kappa shape index (κ1) is 13.0. The third-order valence-corrected chi connectivity index (χ3v) is 2.61. The molecule has 16 heavy (non-hydrogen) atoms. The third-order valence-electron chi connectivity index (χ3n) is 2.38. The van der Waals surface area contributed by atoms with Gasteiger partial charge in [-0.15, -0.1) is 0 Å². The van der Waals surface area contributed by atoms with Gasteiger partial charge in [-0.25, -0.2) is 0 Å². The molecule has 3 nitrogen and oxygen atoms in total. The van der Waals surface area contributed by atoms with Crippen LogP contribution >= 0.6 is 11.6 Å². The highest BCUT2D eigenvalue weighted by atomic mass is 35.5. The van der Waals surface area contributed by atoms with Crippen LogP contribution in [0.5, 0.6) is 0 Å². The molecule has 3 N–H and O–H groups in total. The Morgan fingerprint density at radius 1 is 1.56 bits per heavy atom. The second-order valence-electron chi connectivity index (χ2n) is 3.69. The molecule has 0 aromatic heterocycles. The molecule has 0 radical (unpaired) electrons. The van der Waals surface area contributed by atoms with Crippen LogP contribution in [0.2, 0.25) is 5.02 Å². The smallest absolute Gasteiger partial charge is 0.236 e. The number of hydrogen-bond donors (Lipinski definition) is 2. The van der Waals surface area contributed by atoms with Crippen LogP contribution in [0, 0.1) is 0 Å². The van der Waals surface area contributed by atoms with E-state index >= 15 is 0 Å². The van der Waals surface area contributed by atoms with Crippen LogP contribution < -0.4 is 11.1 Å². The molecule has 0 spiro atoms. The van der Waals surface area contributed by atoms with Gasteiger partial charge in [0.25, 0.3) is 0 Å². The molecule has 1 aromatic carbocycles. The summed E-state index contributed by atoms with van der Waals surface area (Å²) in [5.41, 5.74) is 6.70. The first-order valence-electron chi connectivity index (χ1n) is 5.41. The summed E-state index contributed by atoms with van der Waals surface area (Å²) >= 11 is 5.85. The Hall–Kier alpha value is -1.06. The molecule has 0 saturated carbocycles. The van der Waals surface area contributed by atoms with Gasteiger partial charge in [-0.05, 0) is 30.5 Å². The van der Waals surface area contributed by atoms with Gasteiger partial charge < -0.3 is 11.1 Å². The molecular formula is C12H17ClN2O. The van der Waals surface area contributed by atoms with Crippen LogP contribution in [0.4, 0.5) is 0 Å². The highest BCUT2D eigenvalue weighted by Gasteiger charge is 2.09. The van der Waals surface area contributed by atoms with E-state index in [2.05, 4.69) is 5.32 Å². The minimum Gasteiger partial charge on any atom is -0.354 e. The normalized spacial score (nSPS) is 12.2. The molecule has 88 valence electrons. The van der Waals surface area contributed by atoms with Crippen molar-refractivity contribution in [1.29, 1.82) is 0 Å². The lowest BCUT2D eigenvalue weighted by atomic mass is 10.1. The van der Waals surface area contributed by atoms with Gasteiger partial charge in [0.2, 0.25) is 5.91 Å². The predicted molar refractivity (Wildman–Crippen MR) is 66.4 cm³/mol. The van der Waals surface area contributed by atoms with Crippen molar-refractivity contribution in [3.63, 3.8) is 0 Å². The van der Waals surface area contributed by atoms with Gasteiger partial charge in [0.1, 0.15) is 0 Å². The number of carbonyl (C=O) groups is 1. The van der Waals surface area contributed by atoms with E-state index in [1.54, 1.807) is 0 Å². The van der Waals surface area contributed by atoms with Gasteiger partial charge in [0, 0.05) is 11.6 Å². The standard InChI is InChI=1S/C12H17ClN2O/c1-2-11(14)12(16)15-7-6-9-4-3-5-10(13)8-9/h3-5,8,11H,2,6-7,14H2,1H3,(H,15,16). The number of rotatable bonds is 5. The van der Waals surface area contributed by atoms with Crippen LogP contribution in [0.3, 0.4) is 0 Å². The molecule has 1 aromatic rings. The molecule has 0 bridgehead atoms. The predicted octanol–water partition coefficient (Wildman–Crippen LogP) is 1.74. The van der Waals surface area contributed by atoms with Crippen LogP contribution in [0.25, 0.3) is 0 Å². The van der Waals surface area contributed by atoms with Gasteiger partial charge in [-0.1, -0.05) is 30.7 Å². The van der Waals surface area contributed by atoms with Gasteiger partial charge in [0.05, 0.1) is 6.04 Å². The molecule has 0 saturated heterocycles. The van der Waals surface area contributed by atoms with Crippen molar-refractivity contribution >= 4 is 17.5 Å². The Morgan fingerprint density at radius 2 is 2.31 bits per heavy atom. The molecular weight excluding hydrogens is 224 g/mol. The quantitative estimate of drug-likeness (QED) is 0.824. The van der Waals surface area contributed by atoms with Crippen LogP contribution in [-0.2, 0) is 11.2 Å². The minimum atomic E-state index is -0.403. The largest absolute Gasteiger partial charge is 0.354 e. The SMILES string of the molecule is CCC(N)C(=O)NCCc1cccc(Cl)c1. The summed E-state index contributed by atoms with van der Waals surface area (Å²) < 4.78 is 0. The van der Waals surface area contributed by atoms with Crippen molar-refractivity contribution in [3.05, 3.63) is 34.9 Å². The van der Waals surface area contributed by atoms with E-state index in [-0.39, 0.29) is 5.91 Å². The number of halogens is 1. The number of hydrogen-bond acceptors (Lipinski definition) is 2. The molecule has 1 rings (SSSR count). The Balaban J connectivity index is 2.33. The molecule has 0 heterocycles. The fourth-order valence-corrected chi connectivity index (χ4v) is 1.55. The minimum absolute atomic E-state index is 0.0930. The van der Waals surface area contributed by atoms with E-state index < -0.39 is 6.04 Å². The van der Waals surface area contributed by atoms with Crippen molar-refractivity contribution in [2.45, 2.75) is 25.8 Å². The van der Waals surface area contributed by atoms with Gasteiger partial charge in [-0.2, -0.15) is 0 Å². The Bertz CT molecular complexity index is 355. The van der Waals surface area contributed by atoms with Crippen LogP contribution in [0.1, 0.15) is 18.9 Å². The maximum atomic E-state index is 11.4. The fourth-order valence-electron chi connectivity index (χ4n) is 1.34. The first-order chi connectivity index (χ1) is 7.63. The van der Waals surface area contributed by atoms with Crippen LogP contribution in [0.15, 0.2) is 24.3 Å². The lowest BCUT2D eigenvalue weighted by Gasteiger charge is -2.09. The lowest BCUT2D eigenvalue weighted by molar-refractivity contribution is -0.122. The van der Waals surface area contributed by atoms with Gasteiger partial charge in [0.15, 0.2) is 0 Å². The summed E-state index contributed by atoms with van der Waals surface area (Å²) in [4.78, 5) is 11.4. The summed E-state index contributed by atoms with van der Waals surface area (Å²) in [6.07, 6.45) is 1.42. The number of carbonyl (C=O) groups excluding carboxylic acids is 1. The number of amides is 1. The lowest BCUT2D eigenvalue weighted by Crippen LogP contribution is -2.40. The summed E-state index contributed by atoms with van der Waals surface area (Å²) in [6, 6.07) is 7.21. The molecule has 0 aliphatic heterocycles. The Kier molecular flexibility index (Phi) is 5.29. The Labute approximate surface area is 101 Å². The van der Waals surface area contributed by atoms with E-state index in [4.69, 9.17) is 17.3 Å². The number of nitrogens with two attached hydrogens (primary N) is 1. The monoisotopic (exact) mass is 240 g/mol. The van der Waals surface area contributed by atoms with Crippen LogP contribution in [-0.4, -0.2) is 18.5 Å². The highest BCUT2D eigenvalue weighted by molar-refractivity contribution is 6.30. The molecule has 1 amide bonds. The average molecular weight is 241 g/mol. The fraction of sp³-hybridized carbons (Fsp3) is 0.417. The molecule has 0 aliphatic carbocycles. The second kappa shape index (κ2) is 6.51. The summed E-state index contributed by atoms with van der Waals surface area (Å²) in [5.74, 6) is -0.0930. The maximum absolute atomic E-state index is 11.4. The molecule has 0 fully saturated rings. The first-order valence-corrected chi connectivity index (χ1v) is 5.79. The van der Waals surface area contributed by atoms with Gasteiger partial charge in [-0.3, -0.25) is 4.79 Å². The summed E-state index contributed by atoms with van der Waals surface area (Å²) in [6.45, 7) is 2.48. The third kappa shape index (κ3) is 4.21. The summed E-state index contributed by atoms with van der Waals surface area (Å²) in [5, 5.41) is 3.51. The molecule has 1 atom stereocenters. The Morgan fingerprint density at radius 3 is 2.94 bits per heavy atom. The topological polar surface area (TPSA) is 55.1 Å². The van der Waals surface area contributed by atoms with E-state index in [0.29, 0.717) is 18.0 Å². The molecule has 4 heteroatoms. The zero-order valence-corrected chi connectivity index (χ0v) is 10.1.